The summed E-state index contributed by atoms with van der Waals surface area (Å²) in [5.41, 5.74) is 16.2. The van der Waals surface area contributed by atoms with Crippen LogP contribution < -0.4 is 4.90 Å². The Morgan fingerprint density at radius 3 is 2.00 bits per heavy atom. The predicted molar refractivity (Wildman–Crippen MR) is 227 cm³/mol. The number of hydrogen-bond donors (Lipinski definition) is 0. The molecule has 6 heteroatoms. The van der Waals surface area contributed by atoms with Gasteiger partial charge in [0.05, 0.1) is 45.4 Å². The third-order valence-electron chi connectivity index (χ3n) is 11.4. The van der Waals surface area contributed by atoms with E-state index in [0.29, 0.717) is 12.0 Å². The standard InChI is InChI=1S/C50H36N6/c1-2-12-36(13-3-1)55-45-18-5-4-14-39(45)49-38(15-10-19-47(49)55)34-23-26-46-40(30-34)50-48(20-11-29-53-50)56(46)37-24-21-33(22-25-37)35-31-43(41-16-6-8-27-51-41)54-44(32-35)42-17-7-9-28-52-42/h1-3,5-13,15-32,39,45H,4,14H2. The Morgan fingerprint density at radius 1 is 0.518 bits per heavy atom. The molecule has 0 spiro atoms. The van der Waals surface area contributed by atoms with Gasteiger partial charge in [-0.3, -0.25) is 15.0 Å². The SMILES string of the molecule is C1=CC2C(CC1)c1c(-c3ccc4c(c3)c3ncccc3n4-c3ccc(-c4cc(-c5ccccn5)nc(-c5ccccn5)c4)cc3)cccc1N2c1ccccc1. The molecule has 2 atom stereocenters. The second-order valence-corrected chi connectivity index (χ2v) is 14.6. The quantitative estimate of drug-likeness (QED) is 0.160. The first-order valence-corrected chi connectivity index (χ1v) is 19.3. The minimum absolute atomic E-state index is 0.313. The maximum Gasteiger partial charge on any atom is 0.0963 e. The van der Waals surface area contributed by atoms with Crippen molar-refractivity contribution < 1.29 is 0 Å². The van der Waals surface area contributed by atoms with Gasteiger partial charge in [-0.2, -0.15) is 0 Å². The molecule has 2 aliphatic rings. The molecule has 11 rings (SSSR count). The highest BCUT2D eigenvalue weighted by Crippen LogP contribution is 2.53. The van der Waals surface area contributed by atoms with Crippen LogP contribution in [0, 0.1) is 0 Å². The fourth-order valence-corrected chi connectivity index (χ4v) is 8.93. The van der Waals surface area contributed by atoms with Crippen molar-refractivity contribution in [3.8, 4) is 50.7 Å². The third kappa shape index (κ3) is 5.33. The van der Waals surface area contributed by atoms with Crippen molar-refractivity contribution in [2.75, 3.05) is 4.90 Å². The lowest BCUT2D eigenvalue weighted by atomic mass is 9.83. The molecule has 0 saturated heterocycles. The fraction of sp³-hybridized carbons (Fsp3) is 0.0800. The lowest BCUT2D eigenvalue weighted by Gasteiger charge is -2.30. The van der Waals surface area contributed by atoms with E-state index < -0.39 is 0 Å². The van der Waals surface area contributed by atoms with Gasteiger partial charge in [-0.1, -0.05) is 72.8 Å². The second kappa shape index (κ2) is 13.3. The van der Waals surface area contributed by atoms with Crippen LogP contribution in [-0.4, -0.2) is 30.5 Å². The number of anilines is 2. The van der Waals surface area contributed by atoms with Crippen molar-refractivity contribution in [1.29, 1.82) is 0 Å². The summed E-state index contributed by atoms with van der Waals surface area (Å²) in [5.74, 6) is 0.431. The first-order valence-electron chi connectivity index (χ1n) is 19.3. The number of hydrogen-bond acceptors (Lipinski definition) is 5. The zero-order valence-electron chi connectivity index (χ0n) is 30.6. The van der Waals surface area contributed by atoms with Crippen molar-refractivity contribution in [3.63, 3.8) is 0 Å². The number of rotatable bonds is 6. The van der Waals surface area contributed by atoms with Gasteiger partial charge in [0.25, 0.3) is 0 Å². The zero-order valence-corrected chi connectivity index (χ0v) is 30.6. The fourth-order valence-electron chi connectivity index (χ4n) is 8.93. The number of benzene rings is 4. The van der Waals surface area contributed by atoms with Gasteiger partial charge in [0.15, 0.2) is 0 Å². The third-order valence-corrected chi connectivity index (χ3v) is 11.4. The van der Waals surface area contributed by atoms with Crippen LogP contribution in [0.2, 0.25) is 0 Å². The van der Waals surface area contributed by atoms with E-state index >= 15 is 0 Å². The van der Waals surface area contributed by atoms with Crippen molar-refractivity contribution >= 4 is 33.3 Å². The summed E-state index contributed by atoms with van der Waals surface area (Å²) < 4.78 is 2.34. The van der Waals surface area contributed by atoms with Crippen LogP contribution in [0.5, 0.6) is 0 Å². The molecule has 5 aromatic heterocycles. The van der Waals surface area contributed by atoms with E-state index in [9.17, 15) is 0 Å². The Kier molecular flexibility index (Phi) is 7.66. The predicted octanol–water partition coefficient (Wildman–Crippen LogP) is 12.0. The van der Waals surface area contributed by atoms with Crippen molar-refractivity contribution in [2.45, 2.75) is 24.8 Å². The molecule has 4 aromatic carbocycles. The molecule has 6 heterocycles. The molecular formula is C50H36N6. The highest BCUT2D eigenvalue weighted by Gasteiger charge is 2.40. The Hall–Kier alpha value is -7.18. The minimum atomic E-state index is 0.313. The van der Waals surface area contributed by atoms with Crippen LogP contribution in [0.3, 0.4) is 0 Å². The van der Waals surface area contributed by atoms with Gasteiger partial charge in [-0.15, -0.1) is 0 Å². The van der Waals surface area contributed by atoms with Gasteiger partial charge >= 0.3 is 0 Å². The Balaban J connectivity index is 1.01. The number of pyridine rings is 4. The maximum atomic E-state index is 4.97. The Bertz CT molecular complexity index is 2860. The van der Waals surface area contributed by atoms with E-state index in [-0.39, 0.29) is 0 Å². The number of fused-ring (bicyclic) bond motifs is 6. The average molecular weight is 721 g/mol. The summed E-state index contributed by atoms with van der Waals surface area (Å²) in [6.45, 7) is 0. The van der Waals surface area contributed by atoms with Gasteiger partial charge in [0.1, 0.15) is 0 Å². The first-order chi connectivity index (χ1) is 27.8. The summed E-state index contributed by atoms with van der Waals surface area (Å²) in [6, 6.07) is 54.0. The Labute approximate surface area is 325 Å². The Morgan fingerprint density at radius 2 is 1.25 bits per heavy atom. The number of allylic oxidation sites excluding steroid dienone is 1. The molecule has 2 unspecified atom stereocenters. The molecule has 56 heavy (non-hydrogen) atoms. The number of para-hydroxylation sites is 1. The van der Waals surface area contributed by atoms with Crippen LogP contribution in [0.1, 0.15) is 24.3 Å². The van der Waals surface area contributed by atoms with Crippen molar-refractivity contribution in [2.24, 2.45) is 0 Å². The van der Waals surface area contributed by atoms with Crippen LogP contribution in [0.15, 0.2) is 182 Å². The average Bonchev–Trinajstić information content (AvgIpc) is 3.80. The van der Waals surface area contributed by atoms with E-state index in [4.69, 9.17) is 9.97 Å². The zero-order chi connectivity index (χ0) is 37.0. The van der Waals surface area contributed by atoms with Crippen LogP contribution >= 0.6 is 0 Å². The summed E-state index contributed by atoms with van der Waals surface area (Å²) in [7, 11) is 0. The normalized spacial score (nSPS) is 16.0. The summed E-state index contributed by atoms with van der Waals surface area (Å²) in [5, 5.41) is 1.15. The summed E-state index contributed by atoms with van der Waals surface area (Å²) >= 11 is 0. The van der Waals surface area contributed by atoms with E-state index in [0.717, 1.165) is 74.4 Å². The second-order valence-electron chi connectivity index (χ2n) is 14.6. The molecule has 0 N–H and O–H groups in total. The summed E-state index contributed by atoms with van der Waals surface area (Å²) in [4.78, 5) is 21.7. The van der Waals surface area contributed by atoms with E-state index in [1.165, 1.54) is 28.1 Å². The van der Waals surface area contributed by atoms with Gasteiger partial charge in [-0.05, 0) is 132 Å². The first kappa shape index (κ1) is 32.3. The van der Waals surface area contributed by atoms with Gasteiger partial charge < -0.3 is 9.47 Å². The molecule has 266 valence electrons. The minimum Gasteiger partial charge on any atom is -0.334 e. The highest BCUT2D eigenvalue weighted by molar-refractivity contribution is 6.08. The van der Waals surface area contributed by atoms with Gasteiger partial charge in [0, 0.05) is 47.0 Å². The molecule has 0 amide bonds. The van der Waals surface area contributed by atoms with Crippen LogP contribution in [0.4, 0.5) is 11.4 Å². The number of nitrogens with zero attached hydrogens (tertiary/aromatic N) is 6. The molecule has 6 nitrogen and oxygen atoms in total. The molecule has 0 radical (unpaired) electrons. The largest absolute Gasteiger partial charge is 0.334 e. The summed E-state index contributed by atoms with van der Waals surface area (Å²) in [6.07, 6.45) is 12.5. The van der Waals surface area contributed by atoms with Crippen LogP contribution in [-0.2, 0) is 0 Å². The lowest BCUT2D eigenvalue weighted by Crippen LogP contribution is -2.29. The maximum absolute atomic E-state index is 4.97. The molecule has 0 bridgehead atoms. The molecule has 1 aliphatic carbocycles. The molecule has 0 saturated carbocycles. The highest BCUT2D eigenvalue weighted by atomic mass is 15.2. The van der Waals surface area contributed by atoms with E-state index in [1.807, 2.05) is 48.7 Å². The molecular weight excluding hydrogens is 685 g/mol. The van der Waals surface area contributed by atoms with Crippen molar-refractivity contribution in [1.82, 2.24) is 24.5 Å². The van der Waals surface area contributed by atoms with E-state index in [2.05, 4.69) is 141 Å². The van der Waals surface area contributed by atoms with E-state index in [1.54, 1.807) is 12.4 Å². The molecule has 9 aromatic rings. The van der Waals surface area contributed by atoms with Gasteiger partial charge in [-0.25, -0.2) is 4.98 Å². The smallest absolute Gasteiger partial charge is 0.0963 e. The van der Waals surface area contributed by atoms with Gasteiger partial charge in [0.2, 0.25) is 0 Å². The number of aromatic nitrogens is 5. The van der Waals surface area contributed by atoms with Crippen molar-refractivity contribution in [3.05, 3.63) is 188 Å². The monoisotopic (exact) mass is 720 g/mol. The van der Waals surface area contributed by atoms with Crippen LogP contribution in [0.25, 0.3) is 72.7 Å². The molecule has 1 aliphatic heterocycles. The topological polar surface area (TPSA) is 59.7 Å². The lowest BCUT2D eigenvalue weighted by molar-refractivity contribution is 0.573. The molecule has 0 fully saturated rings.